The number of hydrogen-bond acceptors (Lipinski definition) is 5. The van der Waals surface area contributed by atoms with Crippen molar-refractivity contribution in [2.24, 2.45) is 5.14 Å². The lowest BCUT2D eigenvalue weighted by molar-refractivity contribution is -0.386. The van der Waals surface area contributed by atoms with Crippen molar-refractivity contribution in [1.82, 2.24) is 0 Å². The van der Waals surface area contributed by atoms with Crippen molar-refractivity contribution in [3.63, 3.8) is 0 Å². The number of nitro benzene ring substituents is 1. The Bertz CT molecular complexity index is 884. The summed E-state index contributed by atoms with van der Waals surface area (Å²) in [5.74, 6) is -0.00762. The van der Waals surface area contributed by atoms with Crippen LogP contribution in [0.3, 0.4) is 0 Å². The fourth-order valence-electron chi connectivity index (χ4n) is 2.53. The van der Waals surface area contributed by atoms with Gasteiger partial charge in [-0.05, 0) is 49.6 Å². The largest absolute Gasteiger partial charge is 0.482 e. The highest BCUT2D eigenvalue weighted by molar-refractivity contribution is 7.89. The number of aryl methyl sites for hydroxylation is 3. The number of nitrogens with zero attached hydrogens (tertiary/aromatic N) is 1. The molecule has 0 aliphatic carbocycles. The molecule has 8 heteroatoms. The molecule has 0 bridgehead atoms. The Morgan fingerprint density at radius 2 is 1.71 bits per heavy atom. The fraction of sp³-hybridized carbons (Fsp3) is 0.250. The third-order valence-corrected chi connectivity index (χ3v) is 4.58. The van der Waals surface area contributed by atoms with E-state index in [0.29, 0.717) is 0 Å². The number of ether oxygens (including phenoxy) is 1. The lowest BCUT2D eigenvalue weighted by atomic mass is 10.0. The highest BCUT2D eigenvalue weighted by Gasteiger charge is 2.20. The molecule has 0 saturated carbocycles. The molecule has 2 N–H and O–H groups in total. The number of benzene rings is 2. The minimum absolute atomic E-state index is 0.00762. The van der Waals surface area contributed by atoms with Crippen molar-refractivity contribution in [3.05, 3.63) is 62.7 Å². The Hall–Kier alpha value is -2.45. The summed E-state index contributed by atoms with van der Waals surface area (Å²) >= 11 is 0. The lowest BCUT2D eigenvalue weighted by Crippen LogP contribution is -2.12. The van der Waals surface area contributed by atoms with Gasteiger partial charge in [0.1, 0.15) is 6.61 Å². The number of primary sulfonamides is 1. The number of nitrogens with two attached hydrogens (primary N) is 1. The molecule has 2 aromatic carbocycles. The highest BCUT2D eigenvalue weighted by atomic mass is 32.2. The molecule has 2 aromatic rings. The topological polar surface area (TPSA) is 113 Å². The minimum Gasteiger partial charge on any atom is -0.482 e. The smallest absolute Gasteiger partial charge is 0.312 e. The number of hydrogen-bond donors (Lipinski definition) is 1. The molecule has 0 atom stereocenters. The van der Waals surface area contributed by atoms with Gasteiger partial charge >= 0.3 is 5.69 Å². The van der Waals surface area contributed by atoms with Crippen LogP contribution in [0.2, 0.25) is 0 Å². The molecule has 0 heterocycles. The molecule has 24 heavy (non-hydrogen) atoms. The quantitative estimate of drug-likeness (QED) is 0.658. The molecular weight excluding hydrogens is 332 g/mol. The summed E-state index contributed by atoms with van der Waals surface area (Å²) < 4.78 is 28.2. The van der Waals surface area contributed by atoms with Crippen LogP contribution < -0.4 is 9.88 Å². The zero-order chi connectivity index (χ0) is 18.1. The Kier molecular flexibility index (Phi) is 4.91. The van der Waals surface area contributed by atoms with Crippen LogP contribution in [0.5, 0.6) is 5.75 Å². The van der Waals surface area contributed by atoms with E-state index in [1.165, 1.54) is 12.1 Å². The van der Waals surface area contributed by atoms with Gasteiger partial charge in [0, 0.05) is 6.07 Å². The second-order valence-corrected chi connectivity index (χ2v) is 7.16. The van der Waals surface area contributed by atoms with Crippen molar-refractivity contribution in [1.29, 1.82) is 0 Å². The number of sulfonamides is 1. The summed E-state index contributed by atoms with van der Waals surface area (Å²) in [6.07, 6.45) is 0. The maximum atomic E-state index is 11.3. The standard InChI is InChI=1S/C16H18N2O5S/c1-10-6-11(2)14(12(3)7-10)9-23-16-5-4-13(24(17,21)22)8-15(16)18(19)20/h4-8H,9H2,1-3H3,(H2,17,21,22). The van der Waals surface area contributed by atoms with Crippen LogP contribution in [0.1, 0.15) is 22.3 Å². The SMILES string of the molecule is Cc1cc(C)c(COc2ccc(S(N)(=O)=O)cc2[N+](=O)[O-])c(C)c1. The highest BCUT2D eigenvalue weighted by Crippen LogP contribution is 2.30. The molecule has 0 radical (unpaired) electrons. The van der Waals surface area contributed by atoms with Crippen molar-refractivity contribution >= 4 is 15.7 Å². The third kappa shape index (κ3) is 3.90. The van der Waals surface area contributed by atoms with E-state index in [1.807, 2.05) is 32.9 Å². The summed E-state index contributed by atoms with van der Waals surface area (Å²) in [5.41, 5.74) is 3.67. The molecule has 0 saturated heterocycles. The maximum absolute atomic E-state index is 11.3. The molecule has 128 valence electrons. The Balaban J connectivity index is 2.36. The first-order chi connectivity index (χ1) is 11.1. The van der Waals surface area contributed by atoms with Crippen LogP contribution in [0, 0.1) is 30.9 Å². The molecule has 0 aliphatic rings. The van der Waals surface area contributed by atoms with Gasteiger partial charge in [0.05, 0.1) is 9.82 Å². The molecule has 0 spiro atoms. The molecular formula is C16H18N2O5S. The third-order valence-electron chi connectivity index (χ3n) is 3.67. The second kappa shape index (κ2) is 6.58. The van der Waals surface area contributed by atoms with Gasteiger partial charge in [0.2, 0.25) is 10.0 Å². The molecule has 0 aliphatic heterocycles. The Morgan fingerprint density at radius 3 is 2.21 bits per heavy atom. The van der Waals surface area contributed by atoms with E-state index in [0.717, 1.165) is 28.3 Å². The first kappa shape index (κ1) is 17.9. The predicted octanol–water partition coefficient (Wildman–Crippen LogP) is 2.75. The normalized spacial score (nSPS) is 11.3. The lowest BCUT2D eigenvalue weighted by Gasteiger charge is -2.13. The molecule has 0 fully saturated rings. The minimum atomic E-state index is -4.02. The van der Waals surface area contributed by atoms with Gasteiger partial charge < -0.3 is 4.74 Å². The first-order valence-corrected chi connectivity index (χ1v) is 8.65. The first-order valence-electron chi connectivity index (χ1n) is 7.10. The zero-order valence-corrected chi connectivity index (χ0v) is 14.4. The average molecular weight is 350 g/mol. The van der Waals surface area contributed by atoms with E-state index in [-0.39, 0.29) is 17.3 Å². The van der Waals surface area contributed by atoms with Crippen LogP contribution >= 0.6 is 0 Å². The monoisotopic (exact) mass is 350 g/mol. The van der Waals surface area contributed by atoms with Crippen LogP contribution in [-0.4, -0.2) is 13.3 Å². The predicted molar refractivity (Wildman–Crippen MR) is 89.5 cm³/mol. The van der Waals surface area contributed by atoms with Crippen LogP contribution in [0.25, 0.3) is 0 Å². The summed E-state index contributed by atoms with van der Waals surface area (Å²) in [5, 5.41) is 16.2. The van der Waals surface area contributed by atoms with Gasteiger partial charge in [-0.15, -0.1) is 0 Å². The van der Waals surface area contributed by atoms with Gasteiger partial charge in [-0.1, -0.05) is 17.7 Å². The van der Waals surface area contributed by atoms with Gasteiger partial charge in [-0.2, -0.15) is 0 Å². The van der Waals surface area contributed by atoms with Crippen LogP contribution in [0.4, 0.5) is 5.69 Å². The van der Waals surface area contributed by atoms with E-state index >= 15 is 0 Å². The Labute approximate surface area is 140 Å². The van der Waals surface area contributed by atoms with E-state index in [2.05, 4.69) is 0 Å². The van der Waals surface area contributed by atoms with E-state index in [1.54, 1.807) is 0 Å². The number of nitro groups is 1. The summed E-state index contributed by atoms with van der Waals surface area (Å²) in [6.45, 7) is 6.02. The molecule has 0 unspecified atom stereocenters. The van der Waals surface area contributed by atoms with E-state index < -0.39 is 20.6 Å². The van der Waals surface area contributed by atoms with Crippen LogP contribution in [-0.2, 0) is 16.6 Å². The zero-order valence-electron chi connectivity index (χ0n) is 13.6. The van der Waals surface area contributed by atoms with Crippen LogP contribution in [0.15, 0.2) is 35.2 Å². The average Bonchev–Trinajstić information content (AvgIpc) is 2.44. The summed E-state index contributed by atoms with van der Waals surface area (Å²) in [6, 6.07) is 7.34. The van der Waals surface area contributed by atoms with Crippen molar-refractivity contribution < 1.29 is 18.1 Å². The van der Waals surface area contributed by atoms with E-state index in [4.69, 9.17) is 9.88 Å². The van der Waals surface area contributed by atoms with Crippen molar-refractivity contribution in [2.75, 3.05) is 0 Å². The van der Waals surface area contributed by atoms with Crippen molar-refractivity contribution in [3.8, 4) is 5.75 Å². The summed E-state index contributed by atoms with van der Waals surface area (Å²) in [7, 11) is -4.02. The maximum Gasteiger partial charge on any atom is 0.312 e. The fourth-order valence-corrected chi connectivity index (χ4v) is 3.06. The molecule has 0 amide bonds. The van der Waals surface area contributed by atoms with Gasteiger partial charge in [-0.3, -0.25) is 10.1 Å². The molecule has 7 nitrogen and oxygen atoms in total. The molecule has 2 rings (SSSR count). The molecule has 0 aromatic heterocycles. The van der Waals surface area contributed by atoms with Gasteiger partial charge in [-0.25, -0.2) is 13.6 Å². The Morgan fingerprint density at radius 1 is 1.12 bits per heavy atom. The van der Waals surface area contributed by atoms with E-state index in [9.17, 15) is 18.5 Å². The van der Waals surface area contributed by atoms with Gasteiger partial charge in [0.25, 0.3) is 0 Å². The van der Waals surface area contributed by atoms with Crippen molar-refractivity contribution in [2.45, 2.75) is 32.3 Å². The van der Waals surface area contributed by atoms with Gasteiger partial charge in [0.15, 0.2) is 5.75 Å². The summed E-state index contributed by atoms with van der Waals surface area (Å²) in [4.78, 5) is 10.2. The second-order valence-electron chi connectivity index (χ2n) is 5.60. The number of rotatable bonds is 5.